The van der Waals surface area contributed by atoms with Gasteiger partial charge in [-0.3, -0.25) is 0 Å². The molecule has 1 N–H and O–H groups in total. The molecule has 0 amide bonds. The predicted molar refractivity (Wildman–Crippen MR) is 87.3 cm³/mol. The highest BCUT2D eigenvalue weighted by Crippen LogP contribution is 2.24. The van der Waals surface area contributed by atoms with Gasteiger partial charge in [-0.05, 0) is 44.2 Å². The van der Waals surface area contributed by atoms with Gasteiger partial charge in [0.2, 0.25) is 0 Å². The minimum absolute atomic E-state index is 0.117. The molecule has 0 aliphatic rings. The molecule has 0 spiro atoms. The fourth-order valence-corrected chi connectivity index (χ4v) is 2.23. The second-order valence-corrected chi connectivity index (χ2v) is 7.17. The molecule has 0 aliphatic heterocycles. The molecule has 0 heterocycles. The van der Waals surface area contributed by atoms with E-state index >= 15 is 0 Å². The fourth-order valence-electron chi connectivity index (χ4n) is 2.23. The second-order valence-electron chi connectivity index (χ2n) is 7.17. The number of benzene rings is 1. The number of hydrogen-bond acceptors (Lipinski definition) is 2. The van der Waals surface area contributed by atoms with Crippen molar-refractivity contribution in [2.45, 2.75) is 65.5 Å². The van der Waals surface area contributed by atoms with E-state index in [-0.39, 0.29) is 11.0 Å². The van der Waals surface area contributed by atoms with Gasteiger partial charge in [0.05, 0.1) is 5.60 Å². The standard InChI is InChI=1S/C18H31NO/c1-8-20-18(6,7)13-19-14(2)15-9-11-16(12-10-15)17(3,4)5/h9-12,14,19H,8,13H2,1-7H3. The minimum atomic E-state index is -0.117. The van der Waals surface area contributed by atoms with Crippen LogP contribution in [-0.2, 0) is 10.2 Å². The van der Waals surface area contributed by atoms with Crippen molar-refractivity contribution in [2.75, 3.05) is 13.2 Å². The Kier molecular flexibility index (Phi) is 5.79. The molecule has 1 rings (SSSR count). The summed E-state index contributed by atoms with van der Waals surface area (Å²) in [4.78, 5) is 0. The summed E-state index contributed by atoms with van der Waals surface area (Å²) in [6.45, 7) is 16.8. The van der Waals surface area contributed by atoms with Crippen molar-refractivity contribution in [3.05, 3.63) is 35.4 Å². The molecule has 2 nitrogen and oxygen atoms in total. The first-order valence-electron chi connectivity index (χ1n) is 7.63. The molecular formula is C18H31NO. The van der Waals surface area contributed by atoms with Crippen LogP contribution in [0, 0.1) is 0 Å². The summed E-state index contributed by atoms with van der Waals surface area (Å²) < 4.78 is 5.72. The van der Waals surface area contributed by atoms with Crippen LogP contribution in [0.25, 0.3) is 0 Å². The van der Waals surface area contributed by atoms with E-state index in [1.165, 1.54) is 11.1 Å². The van der Waals surface area contributed by atoms with Gasteiger partial charge in [-0.1, -0.05) is 45.0 Å². The molecule has 0 saturated carbocycles. The highest BCUT2D eigenvalue weighted by atomic mass is 16.5. The first-order valence-corrected chi connectivity index (χ1v) is 7.63. The Morgan fingerprint density at radius 3 is 2.05 bits per heavy atom. The number of nitrogens with one attached hydrogen (secondary N) is 1. The highest BCUT2D eigenvalue weighted by Gasteiger charge is 2.19. The lowest BCUT2D eigenvalue weighted by Gasteiger charge is -2.27. The molecule has 0 fully saturated rings. The maximum absolute atomic E-state index is 5.72. The molecule has 114 valence electrons. The summed E-state index contributed by atoms with van der Waals surface area (Å²) in [5.41, 5.74) is 2.80. The molecule has 0 radical (unpaired) electrons. The molecule has 1 aromatic rings. The van der Waals surface area contributed by atoms with Crippen molar-refractivity contribution in [3.63, 3.8) is 0 Å². The average molecular weight is 277 g/mol. The Bertz CT molecular complexity index is 400. The molecular weight excluding hydrogens is 246 g/mol. The number of rotatable bonds is 6. The van der Waals surface area contributed by atoms with Crippen molar-refractivity contribution in [2.24, 2.45) is 0 Å². The topological polar surface area (TPSA) is 21.3 Å². The van der Waals surface area contributed by atoms with Crippen LogP contribution in [0.5, 0.6) is 0 Å². The first kappa shape index (κ1) is 17.2. The smallest absolute Gasteiger partial charge is 0.0750 e. The van der Waals surface area contributed by atoms with Gasteiger partial charge in [0.25, 0.3) is 0 Å². The average Bonchev–Trinajstić information content (AvgIpc) is 2.35. The summed E-state index contributed by atoms with van der Waals surface area (Å²) in [6, 6.07) is 9.27. The van der Waals surface area contributed by atoms with Crippen LogP contribution in [0.2, 0.25) is 0 Å². The summed E-state index contributed by atoms with van der Waals surface area (Å²) in [5, 5.41) is 3.56. The van der Waals surface area contributed by atoms with Crippen molar-refractivity contribution >= 4 is 0 Å². The zero-order chi connectivity index (χ0) is 15.4. The van der Waals surface area contributed by atoms with Gasteiger partial charge < -0.3 is 10.1 Å². The highest BCUT2D eigenvalue weighted by molar-refractivity contribution is 5.29. The van der Waals surface area contributed by atoms with E-state index < -0.39 is 0 Å². The van der Waals surface area contributed by atoms with E-state index in [1.807, 2.05) is 6.92 Å². The van der Waals surface area contributed by atoms with Crippen molar-refractivity contribution in [3.8, 4) is 0 Å². The number of hydrogen-bond donors (Lipinski definition) is 1. The Morgan fingerprint density at radius 1 is 1.05 bits per heavy atom. The molecule has 20 heavy (non-hydrogen) atoms. The maximum atomic E-state index is 5.72. The molecule has 0 bridgehead atoms. The SMILES string of the molecule is CCOC(C)(C)CNC(C)c1ccc(C(C)(C)C)cc1. The third kappa shape index (κ3) is 5.26. The maximum Gasteiger partial charge on any atom is 0.0750 e. The van der Waals surface area contributed by atoms with Crippen LogP contribution in [-0.4, -0.2) is 18.8 Å². The van der Waals surface area contributed by atoms with Crippen LogP contribution in [0.1, 0.15) is 65.6 Å². The summed E-state index contributed by atoms with van der Waals surface area (Å²) >= 11 is 0. The zero-order valence-electron chi connectivity index (χ0n) is 14.2. The molecule has 1 aromatic carbocycles. The first-order chi connectivity index (χ1) is 9.15. The summed E-state index contributed by atoms with van der Waals surface area (Å²) in [5.74, 6) is 0. The van der Waals surface area contributed by atoms with Gasteiger partial charge in [-0.25, -0.2) is 0 Å². The molecule has 0 aromatic heterocycles. The van der Waals surface area contributed by atoms with Crippen LogP contribution < -0.4 is 5.32 Å². The zero-order valence-corrected chi connectivity index (χ0v) is 14.2. The van der Waals surface area contributed by atoms with Crippen LogP contribution in [0.15, 0.2) is 24.3 Å². The number of ether oxygens (including phenoxy) is 1. The van der Waals surface area contributed by atoms with Gasteiger partial charge >= 0.3 is 0 Å². The van der Waals surface area contributed by atoms with E-state index in [0.29, 0.717) is 6.04 Å². The van der Waals surface area contributed by atoms with E-state index in [0.717, 1.165) is 13.2 Å². The van der Waals surface area contributed by atoms with Crippen molar-refractivity contribution in [1.29, 1.82) is 0 Å². The van der Waals surface area contributed by atoms with Crippen LogP contribution in [0.4, 0.5) is 0 Å². The van der Waals surface area contributed by atoms with E-state index in [9.17, 15) is 0 Å². The van der Waals surface area contributed by atoms with Gasteiger partial charge in [-0.2, -0.15) is 0 Å². The molecule has 0 aliphatic carbocycles. The van der Waals surface area contributed by atoms with Crippen molar-refractivity contribution in [1.82, 2.24) is 5.32 Å². The van der Waals surface area contributed by atoms with E-state index in [1.54, 1.807) is 0 Å². The quantitative estimate of drug-likeness (QED) is 0.829. The predicted octanol–water partition coefficient (Wildman–Crippen LogP) is 4.45. The van der Waals surface area contributed by atoms with E-state index in [4.69, 9.17) is 4.74 Å². The van der Waals surface area contributed by atoms with Crippen LogP contribution in [0.3, 0.4) is 0 Å². The third-order valence-electron chi connectivity index (χ3n) is 3.65. The summed E-state index contributed by atoms with van der Waals surface area (Å²) in [6.07, 6.45) is 0. The monoisotopic (exact) mass is 277 g/mol. The van der Waals surface area contributed by atoms with Gasteiger partial charge in [0, 0.05) is 19.2 Å². The van der Waals surface area contributed by atoms with Crippen molar-refractivity contribution < 1.29 is 4.74 Å². The van der Waals surface area contributed by atoms with Crippen LogP contribution >= 0.6 is 0 Å². The summed E-state index contributed by atoms with van der Waals surface area (Å²) in [7, 11) is 0. The molecule has 0 saturated heterocycles. The lowest BCUT2D eigenvalue weighted by atomic mass is 9.86. The molecule has 1 unspecified atom stereocenters. The Balaban J connectivity index is 2.62. The third-order valence-corrected chi connectivity index (χ3v) is 3.65. The Hall–Kier alpha value is -0.860. The van der Waals surface area contributed by atoms with E-state index in [2.05, 4.69) is 71.1 Å². The minimum Gasteiger partial charge on any atom is -0.375 e. The van der Waals surface area contributed by atoms with Gasteiger partial charge in [-0.15, -0.1) is 0 Å². The molecule has 1 atom stereocenters. The lowest BCUT2D eigenvalue weighted by Crippen LogP contribution is -2.38. The van der Waals surface area contributed by atoms with Gasteiger partial charge in [0.15, 0.2) is 0 Å². The largest absolute Gasteiger partial charge is 0.375 e. The Labute approximate surface area is 124 Å². The lowest BCUT2D eigenvalue weighted by molar-refractivity contribution is -0.0103. The Morgan fingerprint density at radius 2 is 1.60 bits per heavy atom. The van der Waals surface area contributed by atoms with Gasteiger partial charge in [0.1, 0.15) is 0 Å². The fraction of sp³-hybridized carbons (Fsp3) is 0.667. The normalized spacial score (nSPS) is 14.3. The second kappa shape index (κ2) is 6.73. The molecule has 2 heteroatoms.